The van der Waals surface area contributed by atoms with E-state index in [2.05, 4.69) is 0 Å². The van der Waals surface area contributed by atoms with Gasteiger partial charge in [-0.05, 0) is 0 Å². The molecule has 3 amide bonds. The highest BCUT2D eigenvalue weighted by atomic mass is 16.2. The SMILES string of the molecule is CN(C=O)N1C(=O)CCC1=O. The molecule has 0 saturated carbocycles. The Morgan fingerprint density at radius 2 is 1.82 bits per heavy atom. The maximum Gasteiger partial charge on any atom is 0.248 e. The van der Waals surface area contributed by atoms with Crippen LogP contribution in [0.5, 0.6) is 0 Å². The van der Waals surface area contributed by atoms with Gasteiger partial charge in [-0.25, -0.2) is 0 Å². The summed E-state index contributed by atoms with van der Waals surface area (Å²) in [5.41, 5.74) is 0. The van der Waals surface area contributed by atoms with Crippen molar-refractivity contribution in [2.75, 3.05) is 7.05 Å². The van der Waals surface area contributed by atoms with E-state index in [1.54, 1.807) is 0 Å². The van der Waals surface area contributed by atoms with Gasteiger partial charge < -0.3 is 0 Å². The van der Waals surface area contributed by atoms with Crippen molar-refractivity contribution in [3.8, 4) is 0 Å². The third-order valence-electron chi connectivity index (χ3n) is 1.49. The molecule has 5 nitrogen and oxygen atoms in total. The molecule has 1 heterocycles. The summed E-state index contributed by atoms with van der Waals surface area (Å²) in [6.45, 7) is 0. The fourth-order valence-corrected chi connectivity index (χ4v) is 0.964. The molecule has 11 heavy (non-hydrogen) atoms. The van der Waals surface area contributed by atoms with Crippen molar-refractivity contribution in [3.05, 3.63) is 0 Å². The molecule has 0 unspecified atom stereocenters. The van der Waals surface area contributed by atoms with E-state index in [0.717, 1.165) is 10.0 Å². The standard InChI is InChI=1S/C6H8N2O3/c1-7(4-9)8-5(10)2-3-6(8)11/h4H,2-3H2,1H3. The normalized spacial score (nSPS) is 17.4. The van der Waals surface area contributed by atoms with Gasteiger partial charge in [0.2, 0.25) is 18.2 Å². The summed E-state index contributed by atoms with van der Waals surface area (Å²) >= 11 is 0. The Morgan fingerprint density at radius 3 is 2.18 bits per heavy atom. The van der Waals surface area contributed by atoms with Crippen LogP contribution in [0.3, 0.4) is 0 Å². The molecule has 0 aliphatic carbocycles. The summed E-state index contributed by atoms with van der Waals surface area (Å²) in [7, 11) is 1.37. The van der Waals surface area contributed by atoms with E-state index in [4.69, 9.17) is 0 Å². The summed E-state index contributed by atoms with van der Waals surface area (Å²) in [6, 6.07) is 0. The van der Waals surface area contributed by atoms with Crippen molar-refractivity contribution in [3.63, 3.8) is 0 Å². The first-order chi connectivity index (χ1) is 5.16. The average Bonchev–Trinajstić information content (AvgIpc) is 2.30. The van der Waals surface area contributed by atoms with Crippen LogP contribution in [0.4, 0.5) is 0 Å². The summed E-state index contributed by atoms with van der Waals surface area (Å²) < 4.78 is 0. The van der Waals surface area contributed by atoms with E-state index in [0.29, 0.717) is 6.41 Å². The molecule has 1 aliphatic heterocycles. The number of hydrogen-bond donors (Lipinski definition) is 0. The maximum atomic E-state index is 10.9. The fourth-order valence-electron chi connectivity index (χ4n) is 0.964. The van der Waals surface area contributed by atoms with Crippen molar-refractivity contribution in [2.24, 2.45) is 0 Å². The zero-order valence-corrected chi connectivity index (χ0v) is 6.11. The Balaban J connectivity index is 2.75. The number of rotatable bonds is 2. The van der Waals surface area contributed by atoms with Crippen LogP contribution < -0.4 is 0 Å². The quantitative estimate of drug-likeness (QED) is 0.386. The van der Waals surface area contributed by atoms with Gasteiger partial charge in [-0.1, -0.05) is 0 Å². The van der Waals surface area contributed by atoms with Crippen LogP contribution in [-0.2, 0) is 14.4 Å². The molecule has 0 atom stereocenters. The van der Waals surface area contributed by atoms with E-state index in [9.17, 15) is 14.4 Å². The predicted octanol–water partition coefficient (Wildman–Crippen LogP) is -0.861. The van der Waals surface area contributed by atoms with Gasteiger partial charge >= 0.3 is 0 Å². The minimum absolute atomic E-state index is 0.205. The second-order valence-corrected chi connectivity index (χ2v) is 2.28. The highest BCUT2D eigenvalue weighted by Gasteiger charge is 2.31. The Bertz CT molecular complexity index is 198. The number of imide groups is 1. The molecule has 0 spiro atoms. The van der Waals surface area contributed by atoms with Gasteiger partial charge in [0.1, 0.15) is 0 Å². The minimum Gasteiger partial charge on any atom is -0.277 e. The smallest absolute Gasteiger partial charge is 0.248 e. The molecule has 0 radical (unpaired) electrons. The van der Waals surface area contributed by atoms with Crippen LogP contribution in [0.25, 0.3) is 0 Å². The molecule has 1 fully saturated rings. The lowest BCUT2D eigenvalue weighted by Gasteiger charge is -2.20. The van der Waals surface area contributed by atoms with Crippen LogP contribution >= 0.6 is 0 Å². The van der Waals surface area contributed by atoms with Crippen LogP contribution in [0.2, 0.25) is 0 Å². The summed E-state index contributed by atoms with van der Waals surface area (Å²) in [6.07, 6.45) is 0.842. The van der Waals surface area contributed by atoms with Gasteiger partial charge in [-0.15, -0.1) is 0 Å². The second-order valence-electron chi connectivity index (χ2n) is 2.28. The molecule has 1 saturated heterocycles. The van der Waals surface area contributed by atoms with Crippen LogP contribution in [0, 0.1) is 0 Å². The van der Waals surface area contributed by atoms with Crippen LogP contribution in [-0.4, -0.2) is 35.3 Å². The first kappa shape index (κ1) is 7.71. The lowest BCUT2D eigenvalue weighted by Crippen LogP contribution is -2.42. The van der Waals surface area contributed by atoms with Gasteiger partial charge in [-0.3, -0.25) is 19.4 Å². The van der Waals surface area contributed by atoms with Gasteiger partial charge in [-0.2, -0.15) is 5.01 Å². The van der Waals surface area contributed by atoms with Crippen LogP contribution in [0.1, 0.15) is 12.8 Å². The molecule has 0 aromatic carbocycles. The van der Waals surface area contributed by atoms with Crippen molar-refractivity contribution in [1.82, 2.24) is 10.0 Å². The van der Waals surface area contributed by atoms with E-state index in [1.165, 1.54) is 7.05 Å². The van der Waals surface area contributed by atoms with Crippen molar-refractivity contribution in [2.45, 2.75) is 12.8 Å². The largest absolute Gasteiger partial charge is 0.277 e. The van der Waals surface area contributed by atoms with E-state index in [-0.39, 0.29) is 24.7 Å². The second kappa shape index (κ2) is 2.69. The molecule has 0 aromatic rings. The molecular formula is C6H8N2O3. The minimum atomic E-state index is -0.315. The summed E-state index contributed by atoms with van der Waals surface area (Å²) in [5.74, 6) is -0.630. The Labute approximate surface area is 63.5 Å². The number of amides is 3. The molecular weight excluding hydrogens is 148 g/mol. The summed E-state index contributed by atoms with van der Waals surface area (Å²) in [5, 5.41) is 1.81. The third kappa shape index (κ3) is 1.21. The number of carbonyl (C=O) groups excluding carboxylic acids is 3. The highest BCUT2D eigenvalue weighted by Crippen LogP contribution is 2.11. The van der Waals surface area contributed by atoms with E-state index >= 15 is 0 Å². The maximum absolute atomic E-state index is 10.9. The van der Waals surface area contributed by atoms with E-state index < -0.39 is 0 Å². The van der Waals surface area contributed by atoms with Gasteiger partial charge in [0.25, 0.3) is 0 Å². The predicted molar refractivity (Wildman–Crippen MR) is 34.9 cm³/mol. The molecule has 1 aliphatic rings. The number of carbonyl (C=O) groups is 3. The van der Waals surface area contributed by atoms with Crippen molar-refractivity contribution < 1.29 is 14.4 Å². The summed E-state index contributed by atoms with van der Waals surface area (Å²) in [4.78, 5) is 31.9. The topological polar surface area (TPSA) is 57.7 Å². The first-order valence-electron chi connectivity index (χ1n) is 3.20. The Hall–Kier alpha value is -1.39. The molecule has 0 N–H and O–H groups in total. The lowest BCUT2D eigenvalue weighted by molar-refractivity contribution is -0.159. The first-order valence-corrected chi connectivity index (χ1v) is 3.20. The Kier molecular flexibility index (Phi) is 1.89. The van der Waals surface area contributed by atoms with Gasteiger partial charge in [0.05, 0.1) is 0 Å². The monoisotopic (exact) mass is 156 g/mol. The molecule has 0 bridgehead atoms. The average molecular weight is 156 g/mol. The number of nitrogens with zero attached hydrogens (tertiary/aromatic N) is 2. The van der Waals surface area contributed by atoms with Gasteiger partial charge in [0, 0.05) is 19.9 Å². The highest BCUT2D eigenvalue weighted by molar-refractivity contribution is 6.02. The fraction of sp³-hybridized carbons (Fsp3) is 0.500. The van der Waals surface area contributed by atoms with Gasteiger partial charge in [0.15, 0.2) is 0 Å². The molecule has 0 aromatic heterocycles. The van der Waals surface area contributed by atoms with Crippen molar-refractivity contribution >= 4 is 18.2 Å². The number of hydrazine groups is 1. The zero-order valence-electron chi connectivity index (χ0n) is 6.11. The van der Waals surface area contributed by atoms with Crippen LogP contribution in [0.15, 0.2) is 0 Å². The third-order valence-corrected chi connectivity index (χ3v) is 1.49. The van der Waals surface area contributed by atoms with E-state index in [1.807, 2.05) is 0 Å². The molecule has 5 heteroatoms. The molecule has 60 valence electrons. The Morgan fingerprint density at radius 1 is 1.36 bits per heavy atom. The lowest BCUT2D eigenvalue weighted by atomic mass is 10.4. The number of hydrogen-bond acceptors (Lipinski definition) is 3. The van der Waals surface area contributed by atoms with Crippen molar-refractivity contribution in [1.29, 1.82) is 0 Å². The molecule has 1 rings (SSSR count). The zero-order chi connectivity index (χ0) is 8.43.